The number of aromatic nitrogens is 3. The molecule has 0 aliphatic carbocycles. The molecule has 1 aliphatic heterocycles. The molecule has 0 fully saturated rings. The summed E-state index contributed by atoms with van der Waals surface area (Å²) in [4.78, 5) is 25.6. The quantitative estimate of drug-likeness (QED) is 0.503. The van der Waals surface area contributed by atoms with Gasteiger partial charge >= 0.3 is 0 Å². The van der Waals surface area contributed by atoms with Gasteiger partial charge in [-0.25, -0.2) is 4.52 Å². The van der Waals surface area contributed by atoms with Crippen LogP contribution < -0.4 is 15.0 Å². The molecule has 0 bridgehead atoms. The van der Waals surface area contributed by atoms with E-state index >= 15 is 0 Å². The summed E-state index contributed by atoms with van der Waals surface area (Å²) in [5.41, 5.74) is 3.39. The zero-order valence-corrected chi connectivity index (χ0v) is 15.7. The predicted molar refractivity (Wildman–Crippen MR) is 107 cm³/mol. The minimum absolute atomic E-state index is 0.0696. The molecule has 0 unspecified atom stereocenters. The van der Waals surface area contributed by atoms with Gasteiger partial charge in [0.2, 0.25) is 6.79 Å². The number of ketones is 1. The molecule has 0 atom stereocenters. The lowest BCUT2D eigenvalue weighted by Gasteiger charge is -2.06. The summed E-state index contributed by atoms with van der Waals surface area (Å²) in [5.74, 6) is 0.967. The average Bonchev–Trinajstić information content (AvgIpc) is 3.37. The van der Waals surface area contributed by atoms with Crippen LogP contribution in [0.15, 0.2) is 65.7 Å². The van der Waals surface area contributed by atoms with E-state index in [9.17, 15) is 9.59 Å². The Labute approximate surface area is 165 Å². The minimum atomic E-state index is -0.270. The van der Waals surface area contributed by atoms with Gasteiger partial charge in [-0.05, 0) is 36.8 Å². The van der Waals surface area contributed by atoms with Crippen molar-refractivity contribution < 1.29 is 14.3 Å². The van der Waals surface area contributed by atoms with Crippen LogP contribution in [-0.2, 0) is 6.54 Å². The fraction of sp³-hybridized carbons (Fsp3) is 0.136. The van der Waals surface area contributed by atoms with Crippen LogP contribution in [-0.4, -0.2) is 26.8 Å². The molecule has 3 heterocycles. The second-order valence-corrected chi connectivity index (χ2v) is 6.90. The molecule has 0 radical (unpaired) electrons. The van der Waals surface area contributed by atoms with Crippen LogP contribution in [0.5, 0.6) is 11.5 Å². The van der Waals surface area contributed by atoms with Crippen LogP contribution in [0, 0.1) is 6.92 Å². The van der Waals surface area contributed by atoms with Crippen LogP contribution in [0.3, 0.4) is 0 Å². The Morgan fingerprint density at radius 2 is 1.90 bits per heavy atom. The van der Waals surface area contributed by atoms with Crippen molar-refractivity contribution in [1.29, 1.82) is 0 Å². The van der Waals surface area contributed by atoms with Gasteiger partial charge in [-0.3, -0.25) is 9.59 Å². The van der Waals surface area contributed by atoms with Crippen LogP contribution in [0.2, 0.25) is 0 Å². The molecule has 0 N–H and O–H groups in total. The van der Waals surface area contributed by atoms with Gasteiger partial charge in [-0.15, -0.1) is 0 Å². The largest absolute Gasteiger partial charge is 0.454 e. The first-order valence-corrected chi connectivity index (χ1v) is 9.18. The Hall–Kier alpha value is -3.87. The molecular formula is C22H17N3O4. The van der Waals surface area contributed by atoms with E-state index in [1.807, 2.05) is 31.2 Å². The van der Waals surface area contributed by atoms with Crippen molar-refractivity contribution in [2.45, 2.75) is 13.5 Å². The molecule has 4 aromatic rings. The summed E-state index contributed by atoms with van der Waals surface area (Å²) < 4.78 is 13.5. The number of hydrogen-bond acceptors (Lipinski definition) is 5. The number of aryl methyl sites for hydroxylation is 1. The van der Waals surface area contributed by atoms with Crippen LogP contribution >= 0.6 is 0 Å². The minimum Gasteiger partial charge on any atom is -0.454 e. The molecule has 2 aromatic carbocycles. The summed E-state index contributed by atoms with van der Waals surface area (Å²) in [6, 6.07) is 14.6. The third kappa shape index (κ3) is 2.97. The molecule has 144 valence electrons. The molecule has 0 amide bonds. The maximum Gasteiger partial charge on any atom is 0.277 e. The third-order valence-electron chi connectivity index (χ3n) is 5.03. The van der Waals surface area contributed by atoms with Crippen molar-refractivity contribution in [3.8, 4) is 22.8 Å². The number of hydrogen-bond donors (Lipinski definition) is 0. The molecule has 2 aromatic heterocycles. The van der Waals surface area contributed by atoms with Crippen molar-refractivity contribution in [2.75, 3.05) is 6.79 Å². The lowest BCUT2D eigenvalue weighted by Crippen LogP contribution is -2.25. The molecule has 29 heavy (non-hydrogen) atoms. The van der Waals surface area contributed by atoms with E-state index < -0.39 is 0 Å². The van der Waals surface area contributed by atoms with E-state index in [-0.39, 0.29) is 24.7 Å². The number of rotatable bonds is 4. The lowest BCUT2D eigenvalue weighted by atomic mass is 10.1. The second kappa shape index (κ2) is 6.63. The number of Topliss-reactive ketones (excluding diaryl/α,β-unsaturated/α-hetero) is 1. The zero-order chi connectivity index (χ0) is 20.0. The second-order valence-electron chi connectivity index (χ2n) is 6.90. The average molecular weight is 387 g/mol. The topological polar surface area (TPSA) is 74.8 Å². The maximum atomic E-state index is 12.9. The lowest BCUT2D eigenvalue weighted by molar-refractivity contribution is 0.0970. The Morgan fingerprint density at radius 3 is 2.76 bits per heavy atom. The molecule has 0 spiro atoms. The molecular weight excluding hydrogens is 370 g/mol. The normalized spacial score (nSPS) is 12.4. The Kier molecular flexibility index (Phi) is 3.94. The molecule has 7 heteroatoms. The molecule has 0 saturated carbocycles. The fourth-order valence-electron chi connectivity index (χ4n) is 3.46. The zero-order valence-electron chi connectivity index (χ0n) is 15.7. The first-order chi connectivity index (χ1) is 14.1. The summed E-state index contributed by atoms with van der Waals surface area (Å²) in [6.07, 6.45) is 3.26. The SMILES string of the molecule is Cc1ccccc1-c1cc2c(=O)n(CC(=O)c3ccc4c(c3)OCO4)ccn2n1. The number of carbonyl (C=O) groups is 1. The molecule has 7 nitrogen and oxygen atoms in total. The van der Waals surface area contributed by atoms with E-state index in [0.29, 0.717) is 22.6 Å². The first-order valence-electron chi connectivity index (χ1n) is 9.18. The van der Waals surface area contributed by atoms with Crippen LogP contribution in [0.25, 0.3) is 16.8 Å². The van der Waals surface area contributed by atoms with Crippen LogP contribution in [0.1, 0.15) is 15.9 Å². The van der Waals surface area contributed by atoms with Crippen molar-refractivity contribution >= 4 is 11.3 Å². The number of benzene rings is 2. The van der Waals surface area contributed by atoms with Gasteiger partial charge in [0, 0.05) is 23.5 Å². The van der Waals surface area contributed by atoms with Gasteiger partial charge in [-0.1, -0.05) is 24.3 Å². The Balaban J connectivity index is 1.48. The summed E-state index contributed by atoms with van der Waals surface area (Å²) >= 11 is 0. The van der Waals surface area contributed by atoms with E-state index in [1.54, 1.807) is 41.2 Å². The van der Waals surface area contributed by atoms with Crippen molar-refractivity contribution in [2.24, 2.45) is 0 Å². The molecule has 0 saturated heterocycles. The van der Waals surface area contributed by atoms with E-state index in [2.05, 4.69) is 5.10 Å². The van der Waals surface area contributed by atoms with Crippen molar-refractivity contribution in [1.82, 2.24) is 14.2 Å². The summed E-state index contributed by atoms with van der Waals surface area (Å²) in [7, 11) is 0. The third-order valence-corrected chi connectivity index (χ3v) is 5.03. The fourth-order valence-corrected chi connectivity index (χ4v) is 3.46. The van der Waals surface area contributed by atoms with Crippen LogP contribution in [0.4, 0.5) is 0 Å². The van der Waals surface area contributed by atoms with E-state index in [0.717, 1.165) is 16.8 Å². The summed E-state index contributed by atoms with van der Waals surface area (Å²) in [6.45, 7) is 2.08. The highest BCUT2D eigenvalue weighted by Gasteiger charge is 2.17. The molecule has 1 aliphatic rings. The van der Waals surface area contributed by atoms with Gasteiger partial charge in [0.15, 0.2) is 17.3 Å². The maximum absolute atomic E-state index is 12.9. The predicted octanol–water partition coefficient (Wildman–Crippen LogP) is 3.08. The van der Waals surface area contributed by atoms with E-state index in [1.165, 1.54) is 4.57 Å². The highest BCUT2D eigenvalue weighted by atomic mass is 16.7. The first kappa shape index (κ1) is 17.2. The number of fused-ring (bicyclic) bond motifs is 2. The smallest absolute Gasteiger partial charge is 0.277 e. The Bertz CT molecular complexity index is 1320. The highest BCUT2D eigenvalue weighted by Crippen LogP contribution is 2.32. The summed E-state index contributed by atoms with van der Waals surface area (Å²) in [5, 5.41) is 4.51. The number of nitrogens with zero attached hydrogens (tertiary/aromatic N) is 3. The Morgan fingerprint density at radius 1 is 1.07 bits per heavy atom. The van der Waals surface area contributed by atoms with Gasteiger partial charge in [-0.2, -0.15) is 5.10 Å². The van der Waals surface area contributed by atoms with Gasteiger partial charge in [0.25, 0.3) is 5.56 Å². The van der Waals surface area contributed by atoms with Gasteiger partial charge in [0.1, 0.15) is 5.52 Å². The number of ether oxygens (including phenoxy) is 2. The highest BCUT2D eigenvalue weighted by molar-refractivity contribution is 5.96. The molecule has 5 rings (SSSR count). The van der Waals surface area contributed by atoms with Crippen molar-refractivity contribution in [3.05, 3.63) is 82.4 Å². The van der Waals surface area contributed by atoms with E-state index in [4.69, 9.17) is 9.47 Å². The van der Waals surface area contributed by atoms with Crippen molar-refractivity contribution in [3.63, 3.8) is 0 Å². The van der Waals surface area contributed by atoms with Gasteiger partial charge < -0.3 is 14.0 Å². The van der Waals surface area contributed by atoms with Gasteiger partial charge in [0.05, 0.1) is 12.2 Å². The monoisotopic (exact) mass is 387 g/mol. The number of carbonyl (C=O) groups excluding carboxylic acids is 1. The standard InChI is InChI=1S/C22H17N3O4/c1-14-4-2-3-5-16(14)17-11-18-22(27)24(8-9-25(18)23-17)12-19(26)15-6-7-20-21(10-15)29-13-28-20/h2-11H,12-13H2,1H3.